The number of nitrogens with one attached hydrogen (secondary N) is 1. The number of carbonyl (C=O) groups is 1. The Kier molecular flexibility index (Phi) is 8.88. The summed E-state index contributed by atoms with van der Waals surface area (Å²) in [5.74, 6) is 0.155. The zero-order valence-electron chi connectivity index (χ0n) is 21.6. The second-order valence-electron chi connectivity index (χ2n) is 9.31. The van der Waals surface area contributed by atoms with Crippen LogP contribution in [-0.4, -0.2) is 41.0 Å². The predicted molar refractivity (Wildman–Crippen MR) is 149 cm³/mol. The lowest BCUT2D eigenvalue weighted by atomic mass is 9.97. The van der Waals surface area contributed by atoms with Crippen molar-refractivity contribution in [3.8, 4) is 11.4 Å². The van der Waals surface area contributed by atoms with Gasteiger partial charge in [0.25, 0.3) is 0 Å². The molecule has 0 radical (unpaired) electrons. The summed E-state index contributed by atoms with van der Waals surface area (Å²) in [7, 11) is 3.31. The SMILES string of the molecule is CC(C)Oc1cc(-n2nc(C(C)(C)C)oc2=O)c(Cl)cc1Cl.CNC(=O)N(C)c1nc2ccccc2s1. The molecule has 9 nitrogen and oxygen atoms in total. The zero-order chi connectivity index (χ0) is 27.5. The van der Waals surface area contributed by atoms with Gasteiger partial charge in [0.1, 0.15) is 5.75 Å². The molecule has 0 bridgehead atoms. The standard InChI is InChI=1S/C15H18Cl2N2O3.C10H11N3OS/c1-8(2)21-12-7-11(9(16)6-10(12)17)19-14(20)22-13(18-19)15(3,4)5;1-11-9(14)13(2)10-12-7-5-3-4-6-8(7)15-10/h6-8H,1-5H3;3-6H,1-2H3,(H,11,14). The smallest absolute Gasteiger partial charge is 0.442 e. The van der Waals surface area contributed by atoms with E-state index in [0.717, 1.165) is 14.9 Å². The van der Waals surface area contributed by atoms with Crippen molar-refractivity contribution in [2.75, 3.05) is 19.0 Å². The van der Waals surface area contributed by atoms with E-state index >= 15 is 0 Å². The van der Waals surface area contributed by atoms with Gasteiger partial charge in [-0.1, -0.05) is 67.4 Å². The number of para-hydroxylation sites is 1. The number of hydrogen-bond acceptors (Lipinski definition) is 7. The third-order valence-corrected chi connectivity index (χ3v) is 6.58. The van der Waals surface area contributed by atoms with Crippen molar-refractivity contribution in [1.29, 1.82) is 0 Å². The summed E-state index contributed by atoms with van der Waals surface area (Å²) in [6.45, 7) is 9.47. The van der Waals surface area contributed by atoms with E-state index in [1.807, 2.05) is 58.9 Å². The molecule has 0 saturated heterocycles. The molecule has 2 amide bonds. The normalized spacial score (nSPS) is 11.3. The predicted octanol–water partition coefficient (Wildman–Crippen LogP) is 6.29. The minimum Gasteiger partial charge on any atom is -0.489 e. The molecule has 0 spiro atoms. The van der Waals surface area contributed by atoms with Gasteiger partial charge in [-0.15, -0.1) is 5.10 Å². The number of thiazole rings is 1. The first kappa shape index (κ1) is 28.5. The van der Waals surface area contributed by atoms with E-state index in [4.69, 9.17) is 32.4 Å². The minimum atomic E-state index is -0.607. The topological polar surface area (TPSA) is 102 Å². The van der Waals surface area contributed by atoms with Crippen LogP contribution in [0.1, 0.15) is 40.5 Å². The monoisotopic (exact) mass is 565 g/mol. The first-order valence-corrected chi connectivity index (χ1v) is 13.0. The van der Waals surface area contributed by atoms with E-state index in [9.17, 15) is 9.59 Å². The largest absolute Gasteiger partial charge is 0.489 e. The van der Waals surface area contributed by atoms with Crippen LogP contribution >= 0.6 is 34.5 Å². The average molecular weight is 567 g/mol. The van der Waals surface area contributed by atoms with Crippen molar-refractivity contribution in [1.82, 2.24) is 20.1 Å². The summed E-state index contributed by atoms with van der Waals surface area (Å²) in [5, 5.41) is 8.14. The minimum absolute atomic E-state index is 0.0642. The molecule has 0 aliphatic heterocycles. The maximum Gasteiger partial charge on any atom is 0.442 e. The summed E-state index contributed by atoms with van der Waals surface area (Å²) in [6, 6.07) is 10.8. The Bertz CT molecular complexity index is 1420. The second kappa shape index (κ2) is 11.5. The summed E-state index contributed by atoms with van der Waals surface area (Å²) < 4.78 is 13.0. The van der Waals surface area contributed by atoms with Crippen LogP contribution in [0.4, 0.5) is 9.93 Å². The lowest BCUT2D eigenvalue weighted by Crippen LogP contribution is -2.34. The summed E-state index contributed by atoms with van der Waals surface area (Å²) in [6.07, 6.45) is -0.0642. The van der Waals surface area contributed by atoms with Crippen LogP contribution in [0.25, 0.3) is 15.9 Å². The zero-order valence-corrected chi connectivity index (χ0v) is 24.0. The van der Waals surface area contributed by atoms with Crippen molar-refractivity contribution in [3.63, 3.8) is 0 Å². The number of rotatable bonds is 4. The van der Waals surface area contributed by atoms with Crippen molar-refractivity contribution < 1.29 is 13.9 Å². The summed E-state index contributed by atoms with van der Waals surface area (Å²) in [4.78, 5) is 29.3. The second-order valence-corrected chi connectivity index (χ2v) is 11.1. The third-order valence-electron chi connectivity index (χ3n) is 4.87. The number of aromatic nitrogens is 3. The van der Waals surface area contributed by atoms with E-state index in [1.165, 1.54) is 22.3 Å². The summed E-state index contributed by atoms with van der Waals surface area (Å²) >= 11 is 13.8. The number of hydrogen-bond donors (Lipinski definition) is 1. The van der Waals surface area contributed by atoms with Crippen LogP contribution in [0.3, 0.4) is 0 Å². The van der Waals surface area contributed by atoms with E-state index in [0.29, 0.717) is 27.5 Å². The quantitative estimate of drug-likeness (QED) is 0.312. The van der Waals surface area contributed by atoms with E-state index in [1.54, 1.807) is 20.2 Å². The summed E-state index contributed by atoms with van der Waals surface area (Å²) in [5.41, 5.74) is 0.903. The fraction of sp³-hybridized carbons (Fsp3) is 0.360. The highest BCUT2D eigenvalue weighted by Gasteiger charge is 2.24. The molecule has 4 aromatic rings. The van der Waals surface area contributed by atoms with Crippen LogP contribution in [0.5, 0.6) is 5.75 Å². The number of nitrogens with zero attached hydrogens (tertiary/aromatic N) is 4. The maximum absolute atomic E-state index is 12.1. The highest BCUT2D eigenvalue weighted by Crippen LogP contribution is 2.33. The highest BCUT2D eigenvalue weighted by molar-refractivity contribution is 7.22. The Morgan fingerprint density at radius 2 is 1.86 bits per heavy atom. The van der Waals surface area contributed by atoms with Gasteiger partial charge in [-0.25, -0.2) is 14.6 Å². The molecular weight excluding hydrogens is 537 g/mol. The van der Waals surface area contributed by atoms with Crippen LogP contribution < -0.4 is 20.7 Å². The lowest BCUT2D eigenvalue weighted by molar-refractivity contribution is 0.242. The average Bonchev–Trinajstić information content (AvgIpc) is 3.43. The number of carbonyl (C=O) groups excluding carboxylic acids is 1. The molecule has 2 heterocycles. The lowest BCUT2D eigenvalue weighted by Gasteiger charge is -2.13. The van der Waals surface area contributed by atoms with Gasteiger partial charge in [0.15, 0.2) is 5.13 Å². The van der Waals surface area contributed by atoms with Gasteiger partial charge in [0.2, 0.25) is 5.89 Å². The van der Waals surface area contributed by atoms with Crippen LogP contribution in [0.2, 0.25) is 10.0 Å². The Labute approximate surface area is 229 Å². The fourth-order valence-electron chi connectivity index (χ4n) is 3.02. The van der Waals surface area contributed by atoms with Gasteiger partial charge in [-0.05, 0) is 32.0 Å². The van der Waals surface area contributed by atoms with Gasteiger partial charge in [0.05, 0.1) is 32.1 Å². The Hall–Kier alpha value is -3.08. The Morgan fingerprint density at radius 1 is 1.19 bits per heavy atom. The number of anilines is 1. The molecule has 0 saturated carbocycles. The molecule has 198 valence electrons. The molecule has 0 aliphatic carbocycles. The number of fused-ring (bicyclic) bond motifs is 1. The molecule has 2 aromatic carbocycles. The number of amides is 2. The van der Waals surface area contributed by atoms with Crippen LogP contribution in [-0.2, 0) is 5.41 Å². The van der Waals surface area contributed by atoms with E-state index in [-0.39, 0.29) is 22.6 Å². The molecule has 37 heavy (non-hydrogen) atoms. The van der Waals surface area contributed by atoms with Crippen molar-refractivity contribution in [2.45, 2.75) is 46.1 Å². The number of benzene rings is 2. The third kappa shape index (κ3) is 6.82. The van der Waals surface area contributed by atoms with Crippen molar-refractivity contribution >= 4 is 55.9 Å². The van der Waals surface area contributed by atoms with Crippen molar-refractivity contribution in [2.24, 2.45) is 0 Å². The first-order chi connectivity index (χ1) is 17.3. The van der Waals surface area contributed by atoms with E-state index < -0.39 is 5.76 Å². The molecule has 2 aromatic heterocycles. The fourth-order valence-corrected chi connectivity index (χ4v) is 4.45. The van der Waals surface area contributed by atoms with Gasteiger partial charge in [0, 0.05) is 25.6 Å². The molecule has 4 rings (SSSR count). The van der Waals surface area contributed by atoms with Gasteiger partial charge in [-0.2, -0.15) is 4.68 Å². The van der Waals surface area contributed by atoms with Gasteiger partial charge in [-0.3, -0.25) is 4.90 Å². The molecular formula is C25H29Cl2N5O4S. The Balaban J connectivity index is 0.000000220. The molecule has 12 heteroatoms. The van der Waals surface area contributed by atoms with Crippen LogP contribution in [0.15, 0.2) is 45.6 Å². The molecule has 0 unspecified atom stereocenters. The van der Waals surface area contributed by atoms with Crippen molar-refractivity contribution in [3.05, 3.63) is 62.9 Å². The molecule has 1 N–H and O–H groups in total. The molecule has 0 fully saturated rings. The number of urea groups is 1. The van der Waals surface area contributed by atoms with Gasteiger partial charge < -0.3 is 14.5 Å². The van der Waals surface area contributed by atoms with Crippen LogP contribution in [0, 0.1) is 0 Å². The molecule has 0 atom stereocenters. The molecule has 0 aliphatic rings. The number of halogens is 2. The van der Waals surface area contributed by atoms with E-state index in [2.05, 4.69) is 15.4 Å². The highest BCUT2D eigenvalue weighted by atomic mass is 35.5. The van der Waals surface area contributed by atoms with Gasteiger partial charge >= 0.3 is 11.8 Å². The Morgan fingerprint density at radius 3 is 2.43 bits per heavy atom. The maximum atomic E-state index is 12.1. The number of ether oxygens (including phenoxy) is 1. The first-order valence-electron chi connectivity index (χ1n) is 11.4.